The van der Waals surface area contributed by atoms with Crippen LogP contribution in [0.2, 0.25) is 0 Å². The van der Waals surface area contributed by atoms with Crippen LogP contribution in [0, 0.1) is 5.92 Å². The van der Waals surface area contributed by atoms with Gasteiger partial charge in [0.1, 0.15) is 0 Å². The van der Waals surface area contributed by atoms with Gasteiger partial charge in [0.15, 0.2) is 5.96 Å². The number of aliphatic imine (C=N–C) groups is 1. The number of ether oxygens (including phenoxy) is 1. The molecule has 1 aliphatic rings. The highest BCUT2D eigenvalue weighted by Gasteiger charge is 2.24. The van der Waals surface area contributed by atoms with Crippen molar-refractivity contribution in [3.05, 3.63) is 0 Å². The summed E-state index contributed by atoms with van der Waals surface area (Å²) in [5.74, 6) is 1.68. The number of rotatable bonds is 7. The van der Waals surface area contributed by atoms with Crippen molar-refractivity contribution >= 4 is 29.9 Å². The van der Waals surface area contributed by atoms with Gasteiger partial charge < -0.3 is 19.9 Å². The van der Waals surface area contributed by atoms with Crippen molar-refractivity contribution < 1.29 is 4.74 Å². The van der Waals surface area contributed by atoms with E-state index in [0.29, 0.717) is 5.92 Å². The van der Waals surface area contributed by atoms with Crippen LogP contribution in [-0.2, 0) is 4.74 Å². The van der Waals surface area contributed by atoms with E-state index < -0.39 is 0 Å². The molecule has 1 atom stereocenters. The minimum atomic E-state index is 0. The number of hydrogen-bond donors (Lipinski definition) is 1. The Labute approximate surface area is 141 Å². The van der Waals surface area contributed by atoms with Gasteiger partial charge >= 0.3 is 0 Å². The number of methoxy groups -OCH3 is 1. The van der Waals surface area contributed by atoms with Crippen LogP contribution in [0.15, 0.2) is 4.99 Å². The molecule has 20 heavy (non-hydrogen) atoms. The summed E-state index contributed by atoms with van der Waals surface area (Å²) in [5, 5.41) is 3.47. The fourth-order valence-electron chi connectivity index (χ4n) is 2.59. The van der Waals surface area contributed by atoms with E-state index in [2.05, 4.69) is 34.0 Å². The first-order valence-corrected chi connectivity index (χ1v) is 7.42. The van der Waals surface area contributed by atoms with Gasteiger partial charge in [-0.15, -0.1) is 24.0 Å². The molecule has 1 saturated heterocycles. The lowest BCUT2D eigenvalue weighted by molar-refractivity contribution is 0.157. The molecule has 5 nitrogen and oxygen atoms in total. The van der Waals surface area contributed by atoms with Crippen molar-refractivity contribution in [1.82, 2.24) is 15.1 Å². The molecule has 120 valence electrons. The third-order valence-corrected chi connectivity index (χ3v) is 3.81. The minimum absolute atomic E-state index is 0. The zero-order chi connectivity index (χ0) is 14.1. The Hall–Kier alpha value is -0.0800. The lowest BCUT2D eigenvalue weighted by Crippen LogP contribution is -2.43. The quantitative estimate of drug-likeness (QED) is 0.401. The monoisotopic (exact) mass is 398 g/mol. The molecule has 0 aromatic carbocycles. The number of likely N-dealkylation sites (N-methyl/N-ethyl adjacent to an activating group) is 1. The Morgan fingerprint density at radius 1 is 1.40 bits per heavy atom. The number of nitrogens with zero attached hydrogens (tertiary/aromatic N) is 3. The summed E-state index contributed by atoms with van der Waals surface area (Å²) in [6, 6.07) is 0. The van der Waals surface area contributed by atoms with Crippen LogP contribution in [-0.4, -0.2) is 75.8 Å². The van der Waals surface area contributed by atoms with Crippen molar-refractivity contribution in [1.29, 1.82) is 0 Å². The van der Waals surface area contributed by atoms with Gasteiger partial charge in [-0.25, -0.2) is 0 Å². The molecule has 1 unspecified atom stereocenters. The highest BCUT2D eigenvalue weighted by molar-refractivity contribution is 14.0. The van der Waals surface area contributed by atoms with E-state index in [1.807, 2.05) is 7.05 Å². The third kappa shape index (κ3) is 6.58. The summed E-state index contributed by atoms with van der Waals surface area (Å²) in [5.41, 5.74) is 0. The average molecular weight is 398 g/mol. The largest absolute Gasteiger partial charge is 0.384 e. The maximum atomic E-state index is 5.24. The Kier molecular flexibility index (Phi) is 11.5. The van der Waals surface area contributed by atoms with Crippen LogP contribution in [0.5, 0.6) is 0 Å². The predicted octanol–water partition coefficient (Wildman–Crippen LogP) is 1.49. The van der Waals surface area contributed by atoms with Gasteiger partial charge in [-0.05, 0) is 19.5 Å². The summed E-state index contributed by atoms with van der Waals surface area (Å²) in [6.07, 6.45) is 1.20. The zero-order valence-electron chi connectivity index (χ0n) is 13.4. The van der Waals surface area contributed by atoms with Crippen LogP contribution >= 0.6 is 24.0 Å². The molecule has 0 amide bonds. The predicted molar refractivity (Wildman–Crippen MR) is 96.1 cm³/mol. The first-order valence-electron chi connectivity index (χ1n) is 7.42. The second-order valence-corrected chi connectivity index (χ2v) is 5.06. The van der Waals surface area contributed by atoms with Gasteiger partial charge in [-0.2, -0.15) is 0 Å². The minimum Gasteiger partial charge on any atom is -0.384 e. The average Bonchev–Trinajstić information content (AvgIpc) is 2.88. The highest BCUT2D eigenvalue weighted by atomic mass is 127. The van der Waals surface area contributed by atoms with Crippen molar-refractivity contribution in [3.63, 3.8) is 0 Å². The third-order valence-electron chi connectivity index (χ3n) is 3.81. The van der Waals surface area contributed by atoms with Crippen LogP contribution in [0.3, 0.4) is 0 Å². The Morgan fingerprint density at radius 3 is 2.65 bits per heavy atom. The molecule has 0 spiro atoms. The Bertz CT molecular complexity index is 272. The fraction of sp³-hybridized carbons (Fsp3) is 0.929. The fourth-order valence-corrected chi connectivity index (χ4v) is 2.59. The van der Waals surface area contributed by atoms with Crippen LogP contribution in [0.25, 0.3) is 0 Å². The highest BCUT2D eigenvalue weighted by Crippen LogP contribution is 2.16. The SMILES string of the molecule is CCN(CC)CCNC(=NC)N1CCC(COC)C1.I. The van der Waals surface area contributed by atoms with Gasteiger partial charge in [0.25, 0.3) is 0 Å². The van der Waals surface area contributed by atoms with Crippen molar-refractivity contribution in [2.75, 3.05) is 60.0 Å². The van der Waals surface area contributed by atoms with E-state index >= 15 is 0 Å². The van der Waals surface area contributed by atoms with Gasteiger partial charge in [0, 0.05) is 46.3 Å². The number of guanidine groups is 1. The standard InChI is InChI=1S/C14H30N4O.HI/c1-5-17(6-2)10-8-16-14(15-3)18-9-7-13(11-18)12-19-4;/h13H,5-12H2,1-4H3,(H,15,16);1H. The Balaban J connectivity index is 0.00000361. The molecule has 0 aliphatic carbocycles. The topological polar surface area (TPSA) is 40.1 Å². The van der Waals surface area contributed by atoms with E-state index in [9.17, 15) is 0 Å². The van der Waals surface area contributed by atoms with Crippen LogP contribution in [0.1, 0.15) is 20.3 Å². The summed E-state index contributed by atoms with van der Waals surface area (Å²) in [6.45, 7) is 11.6. The molecule has 1 N–H and O–H groups in total. The number of halogens is 1. The van der Waals surface area contributed by atoms with Crippen molar-refractivity contribution in [2.24, 2.45) is 10.9 Å². The van der Waals surface area contributed by atoms with E-state index in [1.165, 1.54) is 6.42 Å². The zero-order valence-corrected chi connectivity index (χ0v) is 15.7. The number of nitrogens with one attached hydrogen (secondary N) is 1. The van der Waals surface area contributed by atoms with E-state index in [0.717, 1.165) is 51.8 Å². The van der Waals surface area contributed by atoms with Crippen molar-refractivity contribution in [3.8, 4) is 0 Å². The smallest absolute Gasteiger partial charge is 0.193 e. The molecular weight excluding hydrogens is 367 g/mol. The second kappa shape index (κ2) is 11.6. The molecule has 0 saturated carbocycles. The van der Waals surface area contributed by atoms with E-state index in [-0.39, 0.29) is 24.0 Å². The van der Waals surface area contributed by atoms with E-state index in [1.54, 1.807) is 7.11 Å². The van der Waals surface area contributed by atoms with Crippen LogP contribution in [0.4, 0.5) is 0 Å². The summed E-state index contributed by atoms with van der Waals surface area (Å²) >= 11 is 0. The van der Waals surface area contributed by atoms with Gasteiger partial charge in [-0.3, -0.25) is 4.99 Å². The van der Waals surface area contributed by atoms with Crippen molar-refractivity contribution in [2.45, 2.75) is 20.3 Å². The summed E-state index contributed by atoms with van der Waals surface area (Å²) in [7, 11) is 3.64. The first kappa shape index (κ1) is 19.9. The molecule has 0 aromatic heterocycles. The molecule has 0 bridgehead atoms. The molecular formula is C14H31IN4O. The molecule has 1 heterocycles. The number of hydrogen-bond acceptors (Lipinski definition) is 3. The normalized spacial score (nSPS) is 19.4. The Morgan fingerprint density at radius 2 is 2.10 bits per heavy atom. The van der Waals surface area contributed by atoms with Gasteiger partial charge in [-0.1, -0.05) is 13.8 Å². The molecule has 1 aliphatic heterocycles. The molecule has 0 radical (unpaired) electrons. The second-order valence-electron chi connectivity index (χ2n) is 5.06. The molecule has 1 fully saturated rings. The number of likely N-dealkylation sites (tertiary alicyclic amines) is 1. The maximum absolute atomic E-state index is 5.24. The van der Waals surface area contributed by atoms with Gasteiger partial charge in [0.2, 0.25) is 0 Å². The maximum Gasteiger partial charge on any atom is 0.193 e. The first-order chi connectivity index (χ1) is 9.24. The molecule has 6 heteroatoms. The summed E-state index contributed by atoms with van der Waals surface area (Å²) < 4.78 is 5.24. The summed E-state index contributed by atoms with van der Waals surface area (Å²) in [4.78, 5) is 9.14. The van der Waals surface area contributed by atoms with Crippen LogP contribution < -0.4 is 5.32 Å². The molecule has 1 rings (SSSR count). The van der Waals surface area contributed by atoms with Gasteiger partial charge in [0.05, 0.1) is 6.61 Å². The lowest BCUT2D eigenvalue weighted by Gasteiger charge is -2.24. The molecule has 0 aromatic rings. The lowest BCUT2D eigenvalue weighted by atomic mass is 10.1. The van der Waals surface area contributed by atoms with E-state index in [4.69, 9.17) is 4.74 Å².